The highest BCUT2D eigenvalue weighted by molar-refractivity contribution is 5.85. The normalized spacial score (nSPS) is 24.7. The molecule has 0 heterocycles. The third-order valence-corrected chi connectivity index (χ3v) is 5.49. The number of hydrogen-bond acceptors (Lipinski definition) is 2. The molecule has 0 bridgehead atoms. The number of carboxylic acid groups (broad SMARTS) is 1. The van der Waals surface area contributed by atoms with Crippen molar-refractivity contribution < 1.29 is 14.7 Å². The maximum Gasteiger partial charge on any atom is 0.305 e. The van der Waals surface area contributed by atoms with Crippen LogP contribution in [-0.2, 0) is 21.4 Å². The Morgan fingerprint density at radius 2 is 2.08 bits per heavy atom. The Morgan fingerprint density at radius 1 is 1.33 bits per heavy atom. The van der Waals surface area contributed by atoms with E-state index in [1.807, 2.05) is 0 Å². The molecule has 1 amide bonds. The molecule has 4 nitrogen and oxygen atoms in total. The topological polar surface area (TPSA) is 57.6 Å². The lowest BCUT2D eigenvalue weighted by atomic mass is 9.78. The highest BCUT2D eigenvalue weighted by Gasteiger charge is 2.60. The Kier molecular flexibility index (Phi) is 4.66. The van der Waals surface area contributed by atoms with Crippen LogP contribution in [0.4, 0.5) is 0 Å². The van der Waals surface area contributed by atoms with E-state index in [0.29, 0.717) is 19.0 Å². The quantitative estimate of drug-likeness (QED) is 0.871. The van der Waals surface area contributed by atoms with Crippen LogP contribution >= 0.6 is 0 Å². The average molecular weight is 329 g/mol. The molecule has 0 aliphatic heterocycles. The van der Waals surface area contributed by atoms with Crippen molar-refractivity contribution in [2.45, 2.75) is 51.4 Å². The van der Waals surface area contributed by atoms with Crippen molar-refractivity contribution in [1.82, 2.24) is 4.90 Å². The molecule has 1 fully saturated rings. The fraction of sp³-hybridized carbons (Fsp3) is 0.600. The van der Waals surface area contributed by atoms with Crippen LogP contribution in [0.5, 0.6) is 0 Å². The second-order valence-electron chi connectivity index (χ2n) is 7.75. The number of rotatable bonds is 6. The van der Waals surface area contributed by atoms with Gasteiger partial charge in [-0.25, -0.2) is 0 Å². The summed E-state index contributed by atoms with van der Waals surface area (Å²) in [6.45, 7) is 5.10. The van der Waals surface area contributed by atoms with Gasteiger partial charge in [-0.3, -0.25) is 9.59 Å². The number of hydrogen-bond donors (Lipinski definition) is 1. The highest BCUT2D eigenvalue weighted by atomic mass is 16.4. The molecule has 1 spiro atoms. The van der Waals surface area contributed by atoms with Crippen LogP contribution in [0, 0.1) is 11.8 Å². The van der Waals surface area contributed by atoms with E-state index >= 15 is 0 Å². The molecule has 24 heavy (non-hydrogen) atoms. The lowest BCUT2D eigenvalue weighted by Gasteiger charge is -2.29. The zero-order valence-corrected chi connectivity index (χ0v) is 14.6. The molecule has 2 atom stereocenters. The minimum atomic E-state index is -0.843. The third kappa shape index (κ3) is 3.19. The van der Waals surface area contributed by atoms with Gasteiger partial charge in [0.15, 0.2) is 0 Å². The van der Waals surface area contributed by atoms with Gasteiger partial charge >= 0.3 is 5.97 Å². The van der Waals surface area contributed by atoms with Crippen LogP contribution < -0.4 is 0 Å². The number of amides is 1. The third-order valence-electron chi connectivity index (χ3n) is 5.49. The monoisotopic (exact) mass is 329 g/mol. The van der Waals surface area contributed by atoms with Gasteiger partial charge in [0, 0.05) is 24.4 Å². The second kappa shape index (κ2) is 6.58. The summed E-state index contributed by atoms with van der Waals surface area (Å²) in [7, 11) is 0. The lowest BCUT2D eigenvalue weighted by molar-refractivity contribution is -0.139. The van der Waals surface area contributed by atoms with Gasteiger partial charge in [0.1, 0.15) is 0 Å². The molecule has 1 aromatic carbocycles. The van der Waals surface area contributed by atoms with Crippen LogP contribution in [0.15, 0.2) is 24.3 Å². The summed E-state index contributed by atoms with van der Waals surface area (Å²) in [5, 5.41) is 8.97. The van der Waals surface area contributed by atoms with Gasteiger partial charge in [-0.15, -0.1) is 0 Å². The van der Waals surface area contributed by atoms with Gasteiger partial charge in [0.05, 0.1) is 6.42 Å². The molecule has 0 radical (unpaired) electrons. The Labute approximate surface area is 143 Å². The molecule has 4 heteroatoms. The second-order valence-corrected chi connectivity index (χ2v) is 7.75. The molecule has 130 valence electrons. The largest absolute Gasteiger partial charge is 0.481 e. The van der Waals surface area contributed by atoms with Crippen LogP contribution in [-0.4, -0.2) is 35.0 Å². The van der Waals surface area contributed by atoms with E-state index in [4.69, 9.17) is 5.11 Å². The van der Waals surface area contributed by atoms with Crippen LogP contribution in [0.25, 0.3) is 0 Å². The standard InChI is InChI=1S/C20H27NO3/c1-14(2)13-21(11-9-18(22)23)19(24)17-12-20(17)10-5-7-15-6-3-4-8-16(15)20/h3-4,6,8,14,17H,5,7,9-13H2,1-2H3,(H,22,23). The number of fused-ring (bicyclic) bond motifs is 2. The lowest BCUT2D eigenvalue weighted by Crippen LogP contribution is -2.38. The minimum absolute atomic E-state index is 0.0182. The molecule has 3 rings (SSSR count). The molecular formula is C20H27NO3. The smallest absolute Gasteiger partial charge is 0.305 e. The van der Waals surface area contributed by atoms with Crippen molar-refractivity contribution in [3.63, 3.8) is 0 Å². The van der Waals surface area contributed by atoms with E-state index in [9.17, 15) is 9.59 Å². The predicted molar refractivity (Wildman–Crippen MR) is 92.8 cm³/mol. The fourth-order valence-corrected chi connectivity index (χ4v) is 4.34. The van der Waals surface area contributed by atoms with Crippen molar-refractivity contribution in [2.24, 2.45) is 11.8 Å². The summed E-state index contributed by atoms with van der Waals surface area (Å²) < 4.78 is 0. The number of aliphatic carboxylic acids is 1. The molecule has 0 aromatic heterocycles. The summed E-state index contributed by atoms with van der Waals surface area (Å²) >= 11 is 0. The van der Waals surface area contributed by atoms with E-state index in [-0.39, 0.29) is 23.7 Å². The molecule has 1 N–H and O–H groups in total. The highest BCUT2D eigenvalue weighted by Crippen LogP contribution is 2.60. The van der Waals surface area contributed by atoms with Gasteiger partial charge in [-0.05, 0) is 42.7 Å². The van der Waals surface area contributed by atoms with E-state index in [2.05, 4.69) is 38.1 Å². The van der Waals surface area contributed by atoms with Crippen molar-refractivity contribution in [1.29, 1.82) is 0 Å². The maximum atomic E-state index is 13.1. The molecule has 2 aliphatic rings. The average Bonchev–Trinajstić information content (AvgIpc) is 3.25. The summed E-state index contributed by atoms with van der Waals surface area (Å²) in [6.07, 6.45) is 4.27. The van der Waals surface area contributed by atoms with Crippen molar-refractivity contribution in [2.75, 3.05) is 13.1 Å². The van der Waals surface area contributed by atoms with E-state index in [1.54, 1.807) is 4.90 Å². The molecule has 2 unspecified atom stereocenters. The first kappa shape index (κ1) is 17.0. The fourth-order valence-electron chi connectivity index (χ4n) is 4.34. The molecule has 1 saturated carbocycles. The first-order valence-electron chi connectivity index (χ1n) is 9.03. The van der Waals surface area contributed by atoms with Crippen molar-refractivity contribution in [3.8, 4) is 0 Å². The molecule has 1 aromatic rings. The Morgan fingerprint density at radius 3 is 2.79 bits per heavy atom. The zero-order chi connectivity index (χ0) is 17.3. The summed E-state index contributed by atoms with van der Waals surface area (Å²) in [6, 6.07) is 8.52. The first-order chi connectivity index (χ1) is 11.4. The van der Waals surface area contributed by atoms with Gasteiger partial charge in [0.2, 0.25) is 5.91 Å². The van der Waals surface area contributed by atoms with Crippen molar-refractivity contribution in [3.05, 3.63) is 35.4 Å². The van der Waals surface area contributed by atoms with Gasteiger partial charge in [-0.1, -0.05) is 38.1 Å². The van der Waals surface area contributed by atoms with Gasteiger partial charge in [-0.2, -0.15) is 0 Å². The number of carbonyl (C=O) groups excluding carboxylic acids is 1. The summed E-state index contributed by atoms with van der Waals surface area (Å²) in [5.41, 5.74) is 2.77. The Hall–Kier alpha value is -1.84. The number of carbonyl (C=O) groups is 2. The van der Waals surface area contributed by atoms with Crippen LogP contribution in [0.3, 0.4) is 0 Å². The number of carboxylic acids is 1. The number of aryl methyl sites for hydroxylation is 1. The van der Waals surface area contributed by atoms with Crippen LogP contribution in [0.1, 0.15) is 50.7 Å². The molecule has 0 saturated heterocycles. The van der Waals surface area contributed by atoms with Crippen molar-refractivity contribution >= 4 is 11.9 Å². The Bertz CT molecular complexity index is 640. The van der Waals surface area contributed by atoms with Gasteiger partial charge in [0.25, 0.3) is 0 Å². The molecule has 2 aliphatic carbocycles. The number of nitrogens with zero attached hydrogens (tertiary/aromatic N) is 1. The minimum Gasteiger partial charge on any atom is -0.481 e. The SMILES string of the molecule is CC(C)CN(CCC(=O)O)C(=O)C1CC12CCCc1ccccc12. The van der Waals surface area contributed by atoms with Gasteiger partial charge < -0.3 is 10.0 Å². The molecular weight excluding hydrogens is 302 g/mol. The first-order valence-corrected chi connectivity index (χ1v) is 9.03. The summed E-state index contributed by atoms with van der Waals surface area (Å²) in [4.78, 5) is 25.8. The predicted octanol–water partition coefficient (Wildman–Crippen LogP) is 3.24. The van der Waals surface area contributed by atoms with E-state index in [1.165, 1.54) is 11.1 Å². The van der Waals surface area contributed by atoms with Crippen LogP contribution in [0.2, 0.25) is 0 Å². The van der Waals surface area contributed by atoms with E-state index in [0.717, 1.165) is 25.7 Å². The maximum absolute atomic E-state index is 13.1. The Balaban J connectivity index is 1.77. The zero-order valence-electron chi connectivity index (χ0n) is 14.6. The number of benzene rings is 1. The van der Waals surface area contributed by atoms with E-state index < -0.39 is 5.97 Å². The summed E-state index contributed by atoms with van der Waals surface area (Å²) in [5.74, 6) is -0.311.